The van der Waals surface area contributed by atoms with Crippen molar-refractivity contribution in [2.24, 2.45) is 0 Å². The molecule has 146 valence electrons. The van der Waals surface area contributed by atoms with Crippen LogP contribution in [-0.2, 0) is 0 Å². The van der Waals surface area contributed by atoms with Crippen molar-refractivity contribution in [2.45, 2.75) is 32.7 Å². The maximum Gasteiger partial charge on any atom is 0.320 e. The van der Waals surface area contributed by atoms with E-state index in [2.05, 4.69) is 45.0 Å². The number of hydrogen-bond donors (Lipinski definition) is 0. The largest absolute Gasteiger partial charge is 0.532 e. The summed E-state index contributed by atoms with van der Waals surface area (Å²) in [5.74, 6) is 0.466. The van der Waals surface area contributed by atoms with Crippen LogP contribution in [0.5, 0.6) is 11.5 Å². The highest BCUT2D eigenvalue weighted by Crippen LogP contribution is 2.38. The van der Waals surface area contributed by atoms with Gasteiger partial charge in [0.15, 0.2) is 5.82 Å². The van der Waals surface area contributed by atoms with Gasteiger partial charge in [0.1, 0.15) is 11.5 Å². The topological polar surface area (TPSA) is 18.5 Å². The minimum atomic E-state index is -2.86. The number of halogens is 1. The predicted octanol–water partition coefficient (Wildman–Crippen LogP) is 5.16. The Hall–Kier alpha value is -2.59. The molecule has 0 aromatic heterocycles. The summed E-state index contributed by atoms with van der Waals surface area (Å²) in [5, 5.41) is 1.98. The van der Waals surface area contributed by atoms with Crippen LogP contribution in [0.25, 0.3) is 0 Å². The van der Waals surface area contributed by atoms with Crippen LogP contribution in [0, 0.1) is 5.82 Å². The number of hydrogen-bond acceptors (Lipinski definition) is 2. The van der Waals surface area contributed by atoms with Gasteiger partial charge in [0.2, 0.25) is 0 Å². The lowest BCUT2D eigenvalue weighted by Crippen LogP contribution is -2.68. The fourth-order valence-electron chi connectivity index (χ4n) is 3.63. The molecule has 28 heavy (non-hydrogen) atoms. The number of rotatable bonds is 6. The van der Waals surface area contributed by atoms with Gasteiger partial charge >= 0.3 is 8.32 Å². The highest BCUT2D eigenvalue weighted by atomic mass is 28.4. The predicted molar refractivity (Wildman–Crippen MR) is 116 cm³/mol. The van der Waals surface area contributed by atoms with Crippen molar-refractivity contribution in [2.75, 3.05) is 6.61 Å². The number of ether oxygens (including phenoxy) is 1. The van der Waals surface area contributed by atoms with Crippen LogP contribution in [0.4, 0.5) is 4.39 Å². The fraction of sp³-hybridized carbons (Fsp3) is 0.250. The third kappa shape index (κ3) is 3.83. The van der Waals surface area contributed by atoms with E-state index in [-0.39, 0.29) is 16.6 Å². The van der Waals surface area contributed by atoms with E-state index in [1.165, 1.54) is 6.07 Å². The zero-order valence-corrected chi connectivity index (χ0v) is 17.9. The van der Waals surface area contributed by atoms with Gasteiger partial charge in [-0.25, -0.2) is 4.39 Å². The third-order valence-electron chi connectivity index (χ3n) is 4.89. The second-order valence-electron chi connectivity index (χ2n) is 7.79. The summed E-state index contributed by atoms with van der Waals surface area (Å²) in [6.07, 6.45) is 0. The van der Waals surface area contributed by atoms with Gasteiger partial charge in [-0.1, -0.05) is 81.4 Å². The van der Waals surface area contributed by atoms with Gasteiger partial charge in [-0.15, -0.1) is 0 Å². The lowest BCUT2D eigenvalue weighted by atomic mass is 10.2. The zero-order valence-electron chi connectivity index (χ0n) is 16.9. The molecule has 3 aromatic rings. The van der Waals surface area contributed by atoms with Gasteiger partial charge in [0.25, 0.3) is 0 Å². The Morgan fingerprint density at radius 2 is 1.36 bits per heavy atom. The van der Waals surface area contributed by atoms with Crippen LogP contribution < -0.4 is 19.5 Å². The Bertz CT molecular complexity index is 865. The molecule has 0 heterocycles. The average molecular weight is 395 g/mol. The van der Waals surface area contributed by atoms with Crippen molar-refractivity contribution in [1.82, 2.24) is 0 Å². The second-order valence-corrected chi connectivity index (χ2v) is 12.0. The summed E-state index contributed by atoms with van der Waals surface area (Å²) in [5.41, 5.74) is 0. The van der Waals surface area contributed by atoms with Gasteiger partial charge in [-0.05, 0) is 34.5 Å². The van der Waals surface area contributed by atoms with E-state index >= 15 is 0 Å². The normalized spacial score (nSPS) is 11.9. The second kappa shape index (κ2) is 8.19. The van der Waals surface area contributed by atoms with Crippen LogP contribution in [-0.4, -0.2) is 14.9 Å². The summed E-state index contributed by atoms with van der Waals surface area (Å²) < 4.78 is 27.1. The van der Waals surface area contributed by atoms with Crippen LogP contribution >= 0.6 is 0 Å². The molecule has 0 saturated carbocycles. The van der Waals surface area contributed by atoms with Gasteiger partial charge in [0.05, 0.1) is 6.61 Å². The Morgan fingerprint density at radius 3 is 1.82 bits per heavy atom. The maximum absolute atomic E-state index is 14.8. The highest BCUT2D eigenvalue weighted by Gasteiger charge is 2.52. The van der Waals surface area contributed by atoms with Crippen LogP contribution in [0.15, 0.2) is 78.9 Å². The number of benzene rings is 3. The van der Waals surface area contributed by atoms with Gasteiger partial charge in [-0.2, -0.15) is 0 Å². The molecule has 2 nitrogen and oxygen atoms in total. The van der Waals surface area contributed by atoms with Crippen molar-refractivity contribution in [3.05, 3.63) is 84.7 Å². The summed E-state index contributed by atoms with van der Waals surface area (Å²) in [4.78, 5) is 0. The van der Waals surface area contributed by atoms with Gasteiger partial charge in [-0.3, -0.25) is 0 Å². The van der Waals surface area contributed by atoms with Crippen molar-refractivity contribution in [3.63, 3.8) is 0 Å². The molecule has 0 spiro atoms. The van der Waals surface area contributed by atoms with E-state index in [0.29, 0.717) is 12.4 Å². The fourth-order valence-corrected chi connectivity index (χ4v) is 8.05. The van der Waals surface area contributed by atoms with Crippen molar-refractivity contribution in [3.8, 4) is 11.5 Å². The molecule has 3 aromatic carbocycles. The van der Waals surface area contributed by atoms with Crippen molar-refractivity contribution >= 4 is 18.7 Å². The minimum absolute atomic E-state index is 0.232. The van der Waals surface area contributed by atoms with Crippen LogP contribution in [0.2, 0.25) is 5.04 Å². The molecular weight excluding hydrogens is 367 g/mol. The molecule has 0 bridgehead atoms. The molecular formula is C24H27FO2Si. The molecule has 0 unspecified atom stereocenters. The highest BCUT2D eigenvalue weighted by molar-refractivity contribution is 7.00. The van der Waals surface area contributed by atoms with E-state index in [1.807, 2.05) is 43.3 Å². The molecule has 0 atom stereocenters. The van der Waals surface area contributed by atoms with E-state index in [9.17, 15) is 4.39 Å². The average Bonchev–Trinajstić information content (AvgIpc) is 2.69. The summed E-state index contributed by atoms with van der Waals surface area (Å²) in [7, 11) is -2.86. The molecule has 0 aliphatic rings. The Balaban J connectivity index is 2.24. The first-order valence-corrected chi connectivity index (χ1v) is 11.5. The summed E-state index contributed by atoms with van der Waals surface area (Å²) in [6.45, 7) is 8.94. The Morgan fingerprint density at radius 1 is 0.821 bits per heavy atom. The SMILES string of the molecule is CCOc1ccc(F)c(O[Si](c2ccccc2)(c2ccccc2)C(C)(C)C)c1. The van der Waals surface area contributed by atoms with E-state index in [0.717, 1.165) is 10.4 Å². The Labute approximate surface area is 168 Å². The molecule has 4 heteroatoms. The molecule has 0 amide bonds. The maximum atomic E-state index is 14.8. The van der Waals surface area contributed by atoms with E-state index < -0.39 is 8.32 Å². The van der Waals surface area contributed by atoms with Crippen molar-refractivity contribution < 1.29 is 13.6 Å². The first-order valence-electron chi connectivity index (χ1n) is 9.61. The van der Waals surface area contributed by atoms with E-state index in [1.54, 1.807) is 12.1 Å². The first-order chi connectivity index (χ1) is 13.4. The lowest BCUT2D eigenvalue weighted by molar-refractivity contribution is 0.337. The van der Waals surface area contributed by atoms with Gasteiger partial charge < -0.3 is 9.16 Å². The third-order valence-corrected chi connectivity index (χ3v) is 9.82. The molecule has 0 fully saturated rings. The van der Waals surface area contributed by atoms with E-state index in [4.69, 9.17) is 9.16 Å². The molecule has 0 saturated heterocycles. The zero-order chi connectivity index (χ0) is 20.2. The lowest BCUT2D eigenvalue weighted by Gasteiger charge is -2.43. The van der Waals surface area contributed by atoms with Gasteiger partial charge in [0, 0.05) is 6.07 Å². The summed E-state index contributed by atoms with van der Waals surface area (Å²) >= 11 is 0. The summed E-state index contributed by atoms with van der Waals surface area (Å²) in [6, 6.07) is 25.1. The monoisotopic (exact) mass is 394 g/mol. The van der Waals surface area contributed by atoms with Crippen LogP contribution in [0.3, 0.4) is 0 Å². The van der Waals surface area contributed by atoms with Crippen LogP contribution in [0.1, 0.15) is 27.7 Å². The smallest absolute Gasteiger partial charge is 0.320 e. The standard InChI is InChI=1S/C24H27FO2Si/c1-5-26-19-16-17-22(25)23(18-19)27-28(24(2,3)4,20-12-8-6-9-13-20)21-14-10-7-11-15-21/h6-18H,5H2,1-4H3. The minimum Gasteiger partial charge on any atom is -0.532 e. The molecule has 0 N–H and O–H groups in total. The quantitative estimate of drug-likeness (QED) is 0.538. The molecule has 3 rings (SSSR count). The molecule has 0 aliphatic heterocycles. The van der Waals surface area contributed by atoms with Crippen molar-refractivity contribution in [1.29, 1.82) is 0 Å². The first kappa shape index (κ1) is 20.1. The molecule has 0 aliphatic carbocycles. The Kier molecular flexibility index (Phi) is 5.89. The molecule has 0 radical (unpaired) electrons.